The van der Waals surface area contributed by atoms with Gasteiger partial charge in [-0.3, -0.25) is 4.79 Å². The molecule has 0 bridgehead atoms. The highest BCUT2D eigenvalue weighted by atomic mass is 32.2. The quantitative estimate of drug-likeness (QED) is 0.681. The SMILES string of the molecule is COc1cccc(C[NH2+][C@H](C)C(=O)Nc2ccc(S(=O)(=O)N3CCCC3)cc2)c1. The Bertz CT molecular complexity index is 939. The minimum atomic E-state index is -3.44. The molecule has 0 spiro atoms. The van der Waals surface area contributed by atoms with Crippen molar-refractivity contribution in [3.05, 3.63) is 54.1 Å². The molecule has 0 unspecified atom stereocenters. The number of nitrogens with zero attached hydrogens (tertiary/aromatic N) is 1. The minimum Gasteiger partial charge on any atom is -0.497 e. The van der Waals surface area contributed by atoms with Crippen molar-refractivity contribution >= 4 is 21.6 Å². The number of nitrogens with two attached hydrogens (primary N) is 1. The summed E-state index contributed by atoms with van der Waals surface area (Å²) in [6.07, 6.45) is 1.80. The third kappa shape index (κ3) is 5.35. The van der Waals surface area contributed by atoms with Crippen LogP contribution in [-0.2, 0) is 21.4 Å². The van der Waals surface area contributed by atoms with Crippen LogP contribution in [0.25, 0.3) is 0 Å². The van der Waals surface area contributed by atoms with Crippen LogP contribution in [0.3, 0.4) is 0 Å². The Balaban J connectivity index is 1.55. The molecule has 1 fully saturated rings. The summed E-state index contributed by atoms with van der Waals surface area (Å²) in [5.74, 6) is 0.653. The van der Waals surface area contributed by atoms with Crippen LogP contribution in [0.15, 0.2) is 53.4 Å². The maximum atomic E-state index is 12.6. The fourth-order valence-corrected chi connectivity index (χ4v) is 4.78. The summed E-state index contributed by atoms with van der Waals surface area (Å²) < 4.78 is 31.9. The first kappa shape index (κ1) is 21.3. The molecular weight excluding hydrogens is 390 g/mol. The molecule has 1 saturated heterocycles. The van der Waals surface area contributed by atoms with Crippen molar-refractivity contribution in [1.29, 1.82) is 0 Å². The summed E-state index contributed by atoms with van der Waals surface area (Å²) in [4.78, 5) is 12.7. The summed E-state index contributed by atoms with van der Waals surface area (Å²) in [5.41, 5.74) is 1.65. The van der Waals surface area contributed by atoms with Gasteiger partial charge in [-0.1, -0.05) is 12.1 Å². The van der Waals surface area contributed by atoms with E-state index in [0.717, 1.165) is 24.2 Å². The topological polar surface area (TPSA) is 92.3 Å². The van der Waals surface area contributed by atoms with Crippen molar-refractivity contribution in [1.82, 2.24) is 4.31 Å². The lowest BCUT2D eigenvalue weighted by molar-refractivity contribution is -0.688. The lowest BCUT2D eigenvalue weighted by Gasteiger charge is -2.16. The molecule has 0 aliphatic carbocycles. The molecule has 1 aliphatic heterocycles. The molecule has 29 heavy (non-hydrogen) atoms. The van der Waals surface area contributed by atoms with E-state index in [-0.39, 0.29) is 16.8 Å². The standard InChI is InChI=1S/C21H27N3O4S/c1-16(22-15-17-6-5-7-19(14-17)28-2)21(25)23-18-8-10-20(11-9-18)29(26,27)24-12-3-4-13-24/h5-11,14,16,22H,3-4,12-13,15H2,1-2H3,(H,23,25)/p+1/t16-/m1/s1. The molecule has 2 aromatic rings. The molecule has 3 rings (SSSR count). The first-order chi connectivity index (χ1) is 13.9. The van der Waals surface area contributed by atoms with Gasteiger partial charge in [0, 0.05) is 24.3 Å². The average Bonchev–Trinajstić information content (AvgIpc) is 3.28. The molecular formula is C21H28N3O4S+. The van der Waals surface area contributed by atoms with E-state index < -0.39 is 10.0 Å². The number of rotatable bonds is 8. The number of carbonyl (C=O) groups is 1. The highest BCUT2D eigenvalue weighted by Gasteiger charge is 2.27. The first-order valence-electron chi connectivity index (χ1n) is 9.77. The number of hydrogen-bond acceptors (Lipinski definition) is 4. The van der Waals surface area contributed by atoms with Gasteiger partial charge in [0.15, 0.2) is 6.04 Å². The summed E-state index contributed by atoms with van der Waals surface area (Å²) in [6.45, 7) is 3.63. The van der Waals surface area contributed by atoms with Gasteiger partial charge < -0.3 is 15.4 Å². The van der Waals surface area contributed by atoms with Crippen molar-refractivity contribution in [2.75, 3.05) is 25.5 Å². The fourth-order valence-electron chi connectivity index (χ4n) is 3.26. The van der Waals surface area contributed by atoms with Crippen LogP contribution < -0.4 is 15.4 Å². The number of nitrogens with one attached hydrogen (secondary N) is 1. The maximum absolute atomic E-state index is 12.6. The van der Waals surface area contributed by atoms with Crippen molar-refractivity contribution in [3.8, 4) is 5.75 Å². The normalized spacial score (nSPS) is 15.8. The highest BCUT2D eigenvalue weighted by molar-refractivity contribution is 7.89. The third-order valence-electron chi connectivity index (χ3n) is 5.08. The number of methoxy groups -OCH3 is 1. The molecule has 7 nitrogen and oxygen atoms in total. The van der Waals surface area contributed by atoms with Gasteiger partial charge in [-0.25, -0.2) is 8.42 Å². The Morgan fingerprint density at radius 3 is 2.52 bits per heavy atom. The van der Waals surface area contributed by atoms with Crippen LogP contribution in [0, 0.1) is 0 Å². The van der Waals surface area contributed by atoms with Crippen molar-refractivity contribution in [2.45, 2.75) is 37.2 Å². The van der Waals surface area contributed by atoms with E-state index in [9.17, 15) is 13.2 Å². The van der Waals surface area contributed by atoms with Gasteiger partial charge in [-0.15, -0.1) is 0 Å². The second-order valence-electron chi connectivity index (χ2n) is 7.20. The monoisotopic (exact) mass is 418 g/mol. The Morgan fingerprint density at radius 2 is 1.86 bits per heavy atom. The van der Waals surface area contributed by atoms with Crippen molar-refractivity contribution in [2.24, 2.45) is 0 Å². The van der Waals surface area contributed by atoms with Crippen LogP contribution in [0.4, 0.5) is 5.69 Å². The first-order valence-corrected chi connectivity index (χ1v) is 11.2. The Kier molecular flexibility index (Phi) is 6.89. The number of quaternary nitrogens is 1. The molecule has 0 saturated carbocycles. The van der Waals surface area contributed by atoms with Crippen LogP contribution in [-0.4, -0.2) is 44.9 Å². The number of ether oxygens (including phenoxy) is 1. The molecule has 0 aromatic heterocycles. The van der Waals surface area contributed by atoms with Crippen LogP contribution in [0.5, 0.6) is 5.75 Å². The number of amides is 1. The van der Waals surface area contributed by atoms with Gasteiger partial charge in [0.25, 0.3) is 5.91 Å². The fraction of sp³-hybridized carbons (Fsp3) is 0.381. The number of benzene rings is 2. The van der Waals surface area contributed by atoms with E-state index in [2.05, 4.69) is 5.32 Å². The molecule has 2 aromatic carbocycles. The Labute approximate surface area is 172 Å². The van der Waals surface area contributed by atoms with Crippen molar-refractivity contribution < 1.29 is 23.3 Å². The second kappa shape index (κ2) is 9.39. The Morgan fingerprint density at radius 1 is 1.17 bits per heavy atom. The highest BCUT2D eigenvalue weighted by Crippen LogP contribution is 2.22. The predicted octanol–water partition coefficient (Wildman–Crippen LogP) is 1.57. The average molecular weight is 419 g/mol. The van der Waals surface area contributed by atoms with E-state index in [4.69, 9.17) is 4.74 Å². The van der Waals surface area contributed by atoms with Crippen LogP contribution in [0.2, 0.25) is 0 Å². The van der Waals surface area contributed by atoms with Gasteiger partial charge >= 0.3 is 0 Å². The lowest BCUT2D eigenvalue weighted by Crippen LogP contribution is -2.90. The van der Waals surface area contributed by atoms with Gasteiger partial charge in [-0.2, -0.15) is 4.31 Å². The smallest absolute Gasteiger partial charge is 0.282 e. The van der Waals surface area contributed by atoms with Gasteiger partial charge in [0.05, 0.1) is 12.0 Å². The summed E-state index contributed by atoms with van der Waals surface area (Å²) >= 11 is 0. The molecule has 1 amide bonds. The number of anilines is 1. The maximum Gasteiger partial charge on any atom is 0.282 e. The zero-order chi connectivity index (χ0) is 20.9. The Hall–Kier alpha value is -2.42. The van der Waals surface area contributed by atoms with E-state index in [0.29, 0.717) is 25.3 Å². The summed E-state index contributed by atoms with van der Waals surface area (Å²) in [5, 5.41) is 4.79. The van der Waals surface area contributed by atoms with Gasteiger partial charge in [0.1, 0.15) is 12.3 Å². The molecule has 0 radical (unpaired) electrons. The van der Waals surface area contributed by atoms with E-state index in [1.165, 1.54) is 4.31 Å². The number of sulfonamides is 1. The zero-order valence-corrected chi connectivity index (χ0v) is 17.6. The van der Waals surface area contributed by atoms with Gasteiger partial charge in [-0.05, 0) is 56.2 Å². The van der Waals surface area contributed by atoms with Crippen LogP contribution in [0.1, 0.15) is 25.3 Å². The van der Waals surface area contributed by atoms with Gasteiger partial charge in [0.2, 0.25) is 10.0 Å². The largest absolute Gasteiger partial charge is 0.497 e. The molecule has 156 valence electrons. The summed E-state index contributed by atoms with van der Waals surface area (Å²) in [6, 6.07) is 13.8. The van der Waals surface area contributed by atoms with E-state index in [1.54, 1.807) is 31.4 Å². The van der Waals surface area contributed by atoms with E-state index >= 15 is 0 Å². The second-order valence-corrected chi connectivity index (χ2v) is 9.14. The lowest BCUT2D eigenvalue weighted by atomic mass is 10.2. The number of hydrogen-bond donors (Lipinski definition) is 2. The van der Waals surface area contributed by atoms with Crippen molar-refractivity contribution in [3.63, 3.8) is 0 Å². The molecule has 1 atom stereocenters. The molecule has 8 heteroatoms. The van der Waals surface area contributed by atoms with Crippen LogP contribution >= 0.6 is 0 Å². The number of carbonyl (C=O) groups excluding carboxylic acids is 1. The molecule has 1 heterocycles. The minimum absolute atomic E-state index is 0.136. The zero-order valence-electron chi connectivity index (χ0n) is 16.8. The summed E-state index contributed by atoms with van der Waals surface area (Å²) in [7, 11) is -1.82. The predicted molar refractivity (Wildman–Crippen MR) is 111 cm³/mol. The third-order valence-corrected chi connectivity index (χ3v) is 6.99. The molecule has 3 N–H and O–H groups in total. The molecule has 1 aliphatic rings. The van der Waals surface area contributed by atoms with E-state index in [1.807, 2.05) is 36.5 Å².